The standard InChI is InChI=1S/C14H15Cl2NO3S/c1-20-14(19)12-3-2-6-21(12)17-13(18)7-9-4-5-10(15)8-11(9)16/h4-5,8,12H,2-3,6-7H2,1H3/p+1. The van der Waals surface area contributed by atoms with Crippen LogP contribution in [0.15, 0.2) is 18.2 Å². The predicted molar refractivity (Wildman–Crippen MR) is 85.6 cm³/mol. The molecule has 1 saturated heterocycles. The summed E-state index contributed by atoms with van der Waals surface area (Å²) in [5.41, 5.74) is 0.719. The second-order valence-corrected chi connectivity index (χ2v) is 7.61. The van der Waals surface area contributed by atoms with Crippen LogP contribution in [-0.2, 0) is 31.8 Å². The molecular formula is C14H16Cl2NO3S+. The number of rotatable bonds is 4. The van der Waals surface area contributed by atoms with Gasteiger partial charge in [-0.05, 0) is 24.1 Å². The Morgan fingerprint density at radius 1 is 1.43 bits per heavy atom. The highest BCUT2D eigenvalue weighted by atomic mass is 35.5. The summed E-state index contributed by atoms with van der Waals surface area (Å²) in [4.78, 5) is 23.8. The number of ether oxygens (including phenoxy) is 1. The van der Waals surface area contributed by atoms with Gasteiger partial charge in [-0.2, -0.15) is 4.72 Å². The van der Waals surface area contributed by atoms with E-state index in [1.54, 1.807) is 18.2 Å². The zero-order valence-corrected chi connectivity index (χ0v) is 13.9. The molecule has 0 bridgehead atoms. The first kappa shape index (κ1) is 16.5. The van der Waals surface area contributed by atoms with Crippen molar-refractivity contribution in [3.63, 3.8) is 0 Å². The van der Waals surface area contributed by atoms with E-state index in [1.807, 2.05) is 0 Å². The summed E-state index contributed by atoms with van der Waals surface area (Å²) < 4.78 is 7.71. The van der Waals surface area contributed by atoms with Gasteiger partial charge in [0, 0.05) is 16.5 Å². The molecule has 0 radical (unpaired) electrons. The molecule has 1 heterocycles. The Bertz CT molecular complexity index is 553. The Labute approximate surface area is 136 Å². The van der Waals surface area contributed by atoms with E-state index in [0.29, 0.717) is 10.0 Å². The highest BCUT2D eigenvalue weighted by Gasteiger charge is 2.44. The van der Waals surface area contributed by atoms with Gasteiger partial charge in [-0.3, -0.25) is 4.79 Å². The monoisotopic (exact) mass is 348 g/mol. The number of esters is 1. The summed E-state index contributed by atoms with van der Waals surface area (Å²) in [7, 11) is 1.37. The van der Waals surface area contributed by atoms with E-state index in [4.69, 9.17) is 27.9 Å². The average molecular weight is 349 g/mol. The third kappa shape index (κ3) is 4.28. The lowest BCUT2D eigenvalue weighted by Gasteiger charge is -2.10. The van der Waals surface area contributed by atoms with Crippen molar-refractivity contribution in [3.05, 3.63) is 33.8 Å². The molecule has 21 heavy (non-hydrogen) atoms. The second kappa shape index (κ2) is 7.38. The maximum absolute atomic E-state index is 12.1. The van der Waals surface area contributed by atoms with Crippen LogP contribution in [0.5, 0.6) is 0 Å². The summed E-state index contributed by atoms with van der Waals surface area (Å²) in [5, 5.41) is 0.782. The first-order valence-electron chi connectivity index (χ1n) is 6.52. The van der Waals surface area contributed by atoms with E-state index in [2.05, 4.69) is 4.72 Å². The topological polar surface area (TPSA) is 55.4 Å². The van der Waals surface area contributed by atoms with Gasteiger partial charge in [-0.1, -0.05) is 29.3 Å². The van der Waals surface area contributed by atoms with E-state index in [1.165, 1.54) is 7.11 Å². The van der Waals surface area contributed by atoms with Crippen molar-refractivity contribution >= 4 is 46.2 Å². The fourth-order valence-electron chi connectivity index (χ4n) is 2.22. The first-order chi connectivity index (χ1) is 10.0. The van der Waals surface area contributed by atoms with Crippen molar-refractivity contribution in [3.8, 4) is 0 Å². The van der Waals surface area contributed by atoms with Crippen LogP contribution in [0, 0.1) is 0 Å². The molecule has 1 aliphatic rings. The summed E-state index contributed by atoms with van der Waals surface area (Å²) in [6.07, 6.45) is 1.86. The van der Waals surface area contributed by atoms with E-state index in [9.17, 15) is 9.59 Å². The molecule has 0 spiro atoms. The minimum atomic E-state index is -0.453. The summed E-state index contributed by atoms with van der Waals surface area (Å²) >= 11 is 11.4. The average Bonchev–Trinajstić information content (AvgIpc) is 2.89. The minimum Gasteiger partial charge on any atom is -0.465 e. The molecule has 2 rings (SSSR count). The van der Waals surface area contributed by atoms with Crippen LogP contribution in [0.4, 0.5) is 0 Å². The van der Waals surface area contributed by atoms with Crippen LogP contribution < -0.4 is 4.72 Å². The quantitative estimate of drug-likeness (QED) is 0.671. The molecular weight excluding hydrogens is 333 g/mol. The Balaban J connectivity index is 1.96. The molecule has 1 aromatic rings. The summed E-state index contributed by atoms with van der Waals surface area (Å²) in [6.45, 7) is 0. The van der Waals surface area contributed by atoms with Gasteiger partial charge in [0.05, 0.1) is 13.5 Å². The van der Waals surface area contributed by atoms with Gasteiger partial charge in [0.25, 0.3) is 5.91 Å². The number of carbonyl (C=O) groups is 2. The molecule has 1 aliphatic heterocycles. The molecule has 1 N–H and O–H groups in total. The lowest BCUT2D eigenvalue weighted by molar-refractivity contribution is -0.140. The lowest BCUT2D eigenvalue weighted by Crippen LogP contribution is -2.41. The maximum atomic E-state index is 12.1. The minimum absolute atomic E-state index is 0.140. The van der Waals surface area contributed by atoms with E-state index < -0.39 is 11.1 Å². The van der Waals surface area contributed by atoms with Crippen molar-refractivity contribution in [2.24, 2.45) is 0 Å². The molecule has 0 aromatic heterocycles. The molecule has 2 unspecified atom stereocenters. The zero-order valence-electron chi connectivity index (χ0n) is 11.5. The van der Waals surface area contributed by atoms with Gasteiger partial charge in [-0.15, -0.1) is 0 Å². The highest BCUT2D eigenvalue weighted by molar-refractivity contribution is 7.97. The molecule has 2 atom stereocenters. The number of amides is 1. The molecule has 7 heteroatoms. The fourth-order valence-corrected chi connectivity index (χ4v) is 4.84. The maximum Gasteiger partial charge on any atom is 0.361 e. The number of nitrogens with one attached hydrogen (secondary N) is 1. The predicted octanol–water partition coefficient (Wildman–Crippen LogP) is 2.52. The molecule has 0 aliphatic carbocycles. The number of benzene rings is 1. The first-order valence-corrected chi connectivity index (χ1v) is 8.73. The smallest absolute Gasteiger partial charge is 0.361 e. The van der Waals surface area contributed by atoms with Crippen LogP contribution >= 0.6 is 23.2 Å². The van der Waals surface area contributed by atoms with Crippen LogP contribution in [0.25, 0.3) is 0 Å². The normalized spacial score (nSPS) is 21.1. The van der Waals surface area contributed by atoms with Gasteiger partial charge in [-0.25, -0.2) is 4.79 Å². The van der Waals surface area contributed by atoms with Gasteiger partial charge in [0.15, 0.2) is 0 Å². The highest BCUT2D eigenvalue weighted by Crippen LogP contribution is 2.23. The van der Waals surface area contributed by atoms with Gasteiger partial charge >= 0.3 is 5.97 Å². The van der Waals surface area contributed by atoms with Crippen LogP contribution in [-0.4, -0.2) is 30.0 Å². The van der Waals surface area contributed by atoms with Crippen LogP contribution in [0.1, 0.15) is 18.4 Å². The van der Waals surface area contributed by atoms with Gasteiger partial charge < -0.3 is 4.74 Å². The lowest BCUT2D eigenvalue weighted by atomic mass is 10.1. The van der Waals surface area contributed by atoms with Gasteiger partial charge in [0.1, 0.15) is 16.8 Å². The number of methoxy groups -OCH3 is 1. The number of hydrogen-bond acceptors (Lipinski definition) is 3. The molecule has 0 saturated carbocycles. The summed E-state index contributed by atoms with van der Waals surface area (Å²) in [5.74, 6) is 0.430. The van der Waals surface area contributed by atoms with Crippen molar-refractivity contribution < 1.29 is 14.3 Å². The zero-order chi connectivity index (χ0) is 15.4. The van der Waals surface area contributed by atoms with Gasteiger partial charge in [0.2, 0.25) is 5.25 Å². The Hall–Kier alpha value is -0.910. The fraction of sp³-hybridized carbons (Fsp3) is 0.429. The van der Waals surface area contributed by atoms with Crippen molar-refractivity contribution in [1.82, 2.24) is 4.72 Å². The molecule has 114 valence electrons. The van der Waals surface area contributed by atoms with Crippen molar-refractivity contribution in [1.29, 1.82) is 0 Å². The number of halogens is 2. The third-order valence-electron chi connectivity index (χ3n) is 3.25. The van der Waals surface area contributed by atoms with Crippen LogP contribution in [0.2, 0.25) is 10.0 Å². The van der Waals surface area contributed by atoms with E-state index in [0.717, 1.165) is 24.2 Å². The Morgan fingerprint density at radius 2 is 2.19 bits per heavy atom. The van der Waals surface area contributed by atoms with E-state index >= 15 is 0 Å². The van der Waals surface area contributed by atoms with Crippen molar-refractivity contribution in [2.45, 2.75) is 24.5 Å². The summed E-state index contributed by atoms with van der Waals surface area (Å²) in [6, 6.07) is 5.05. The third-order valence-corrected chi connectivity index (χ3v) is 6.17. The van der Waals surface area contributed by atoms with Crippen molar-refractivity contribution in [2.75, 3.05) is 12.9 Å². The molecule has 1 aromatic carbocycles. The molecule has 1 fully saturated rings. The number of hydrogen-bond donors (Lipinski definition) is 1. The van der Waals surface area contributed by atoms with E-state index in [-0.39, 0.29) is 23.5 Å². The molecule has 4 nitrogen and oxygen atoms in total. The Morgan fingerprint density at radius 3 is 2.86 bits per heavy atom. The SMILES string of the molecule is COC(=O)C1CCC[S+]1NC(=O)Cc1ccc(Cl)cc1Cl. The van der Waals surface area contributed by atoms with Crippen LogP contribution in [0.3, 0.4) is 0 Å². The second-order valence-electron chi connectivity index (χ2n) is 4.72. The Kier molecular flexibility index (Phi) is 5.79. The largest absolute Gasteiger partial charge is 0.465 e. The molecule has 1 amide bonds. The number of carbonyl (C=O) groups excluding carboxylic acids is 2.